The van der Waals surface area contributed by atoms with Gasteiger partial charge in [-0.2, -0.15) is 0 Å². The first-order chi connectivity index (χ1) is 8.78. The third-order valence-corrected chi connectivity index (χ3v) is 5.94. The van der Waals surface area contributed by atoms with Crippen molar-refractivity contribution in [2.45, 2.75) is 26.2 Å². The van der Waals surface area contributed by atoms with Gasteiger partial charge in [-0.1, -0.05) is 58.1 Å². The molecule has 19 heavy (non-hydrogen) atoms. The van der Waals surface area contributed by atoms with Crippen LogP contribution in [0.25, 0.3) is 0 Å². The minimum absolute atomic E-state index is 0.0268. The Morgan fingerprint density at radius 2 is 1.68 bits per heavy atom. The standard InChI is InChI=1S/C14H10Cl4O/c1-5-3-14(2)4-6(5)7-8(13(14)19)10(16)12(18)11(17)9(7)15/h3,6H,4H2,1-2H3. The lowest BCUT2D eigenvalue weighted by Gasteiger charge is -2.32. The molecule has 2 aliphatic rings. The van der Waals surface area contributed by atoms with E-state index in [9.17, 15) is 4.79 Å². The SMILES string of the molecule is CC1=CC2(C)CC1c1c(Cl)c(Cl)c(Cl)c(Cl)c1C2=O. The van der Waals surface area contributed by atoms with Gasteiger partial charge in [-0.05, 0) is 25.8 Å². The molecule has 0 N–H and O–H groups in total. The summed E-state index contributed by atoms with van der Waals surface area (Å²) in [7, 11) is 0. The maximum Gasteiger partial charge on any atom is 0.174 e. The Hall–Kier alpha value is -0.210. The number of hydrogen-bond donors (Lipinski definition) is 0. The van der Waals surface area contributed by atoms with Crippen LogP contribution in [0.1, 0.15) is 42.1 Å². The summed E-state index contributed by atoms with van der Waals surface area (Å²) in [5.41, 5.74) is 1.79. The van der Waals surface area contributed by atoms with Gasteiger partial charge in [0, 0.05) is 16.9 Å². The summed E-state index contributed by atoms with van der Waals surface area (Å²) >= 11 is 24.7. The minimum atomic E-state index is -0.508. The summed E-state index contributed by atoms with van der Waals surface area (Å²) in [6, 6.07) is 0. The van der Waals surface area contributed by atoms with Gasteiger partial charge >= 0.3 is 0 Å². The van der Waals surface area contributed by atoms with Gasteiger partial charge in [-0.25, -0.2) is 0 Å². The van der Waals surface area contributed by atoms with E-state index in [1.165, 1.54) is 0 Å². The topological polar surface area (TPSA) is 17.1 Å². The summed E-state index contributed by atoms with van der Waals surface area (Å²) in [4.78, 5) is 12.7. The van der Waals surface area contributed by atoms with Crippen molar-refractivity contribution in [3.05, 3.63) is 42.9 Å². The molecule has 3 rings (SSSR count). The van der Waals surface area contributed by atoms with Crippen LogP contribution in [0.5, 0.6) is 0 Å². The Kier molecular flexibility index (Phi) is 3.00. The predicted octanol–water partition coefficient (Wildman–Crippen LogP) is 5.94. The lowest BCUT2D eigenvalue weighted by atomic mass is 9.72. The van der Waals surface area contributed by atoms with E-state index in [-0.39, 0.29) is 26.8 Å². The average molecular weight is 336 g/mol. The molecule has 0 spiro atoms. The molecule has 0 radical (unpaired) electrons. The highest BCUT2D eigenvalue weighted by Gasteiger charge is 2.49. The van der Waals surface area contributed by atoms with Crippen molar-refractivity contribution in [2.75, 3.05) is 0 Å². The molecule has 1 aromatic rings. The number of halogens is 4. The molecule has 0 fully saturated rings. The summed E-state index contributed by atoms with van der Waals surface area (Å²) in [5, 5.41) is 0.947. The summed E-state index contributed by atoms with van der Waals surface area (Å²) in [5.74, 6) is 0.0681. The Labute approximate surface area is 131 Å². The number of carbonyl (C=O) groups is 1. The van der Waals surface area contributed by atoms with Crippen LogP contribution in [-0.2, 0) is 0 Å². The van der Waals surface area contributed by atoms with Gasteiger partial charge < -0.3 is 0 Å². The number of rotatable bonds is 0. The van der Waals surface area contributed by atoms with Gasteiger partial charge in [0.05, 0.1) is 20.1 Å². The molecule has 0 saturated carbocycles. The zero-order chi connectivity index (χ0) is 14.1. The number of benzene rings is 1. The van der Waals surface area contributed by atoms with Crippen LogP contribution in [0.3, 0.4) is 0 Å². The van der Waals surface area contributed by atoms with E-state index < -0.39 is 5.41 Å². The fourth-order valence-electron chi connectivity index (χ4n) is 3.22. The first kappa shape index (κ1) is 13.8. The van der Waals surface area contributed by atoms with Crippen molar-refractivity contribution >= 4 is 52.2 Å². The van der Waals surface area contributed by atoms with Crippen LogP contribution in [0.4, 0.5) is 0 Å². The van der Waals surface area contributed by atoms with Gasteiger partial charge in [0.25, 0.3) is 0 Å². The van der Waals surface area contributed by atoms with Gasteiger partial charge in [0.2, 0.25) is 0 Å². The molecule has 2 atom stereocenters. The molecule has 5 heteroatoms. The minimum Gasteiger partial charge on any atom is -0.293 e. The molecule has 0 amide bonds. The predicted molar refractivity (Wildman–Crippen MR) is 80.0 cm³/mol. The second-order valence-electron chi connectivity index (χ2n) is 5.44. The number of hydrogen-bond acceptors (Lipinski definition) is 1. The highest BCUT2D eigenvalue weighted by atomic mass is 35.5. The van der Waals surface area contributed by atoms with E-state index in [0.29, 0.717) is 10.6 Å². The van der Waals surface area contributed by atoms with Crippen LogP contribution in [0.2, 0.25) is 20.1 Å². The Morgan fingerprint density at radius 3 is 2.32 bits per heavy atom. The molecule has 0 heterocycles. The molecule has 1 nitrogen and oxygen atoms in total. The lowest BCUT2D eigenvalue weighted by Crippen LogP contribution is -2.30. The largest absolute Gasteiger partial charge is 0.293 e. The van der Waals surface area contributed by atoms with Crippen molar-refractivity contribution < 1.29 is 4.79 Å². The lowest BCUT2D eigenvalue weighted by molar-refractivity contribution is 0.0851. The van der Waals surface area contributed by atoms with Crippen molar-refractivity contribution in [1.82, 2.24) is 0 Å². The molecule has 1 aromatic carbocycles. The fourth-order valence-corrected chi connectivity index (χ4v) is 4.30. The van der Waals surface area contributed by atoms with Crippen molar-refractivity contribution in [1.29, 1.82) is 0 Å². The molecular formula is C14H10Cl4O. The van der Waals surface area contributed by atoms with Crippen LogP contribution >= 0.6 is 46.4 Å². The first-order valence-corrected chi connectivity index (χ1v) is 7.39. The van der Waals surface area contributed by atoms with Gasteiger partial charge in [0.1, 0.15) is 0 Å². The van der Waals surface area contributed by atoms with E-state index in [2.05, 4.69) is 0 Å². The zero-order valence-corrected chi connectivity index (χ0v) is 13.3. The molecular weight excluding hydrogens is 326 g/mol. The molecule has 2 unspecified atom stereocenters. The van der Waals surface area contributed by atoms with Crippen LogP contribution in [0.15, 0.2) is 11.6 Å². The number of ketones is 1. The van der Waals surface area contributed by atoms with Gasteiger partial charge in [-0.15, -0.1) is 0 Å². The highest BCUT2D eigenvalue weighted by molar-refractivity contribution is 6.53. The van der Waals surface area contributed by atoms with Crippen molar-refractivity contribution in [3.8, 4) is 0 Å². The second kappa shape index (κ2) is 4.14. The number of carbonyl (C=O) groups excluding carboxylic acids is 1. The molecule has 2 bridgehead atoms. The maximum absolute atomic E-state index is 12.7. The molecule has 100 valence electrons. The highest BCUT2D eigenvalue weighted by Crippen LogP contribution is 2.57. The Balaban J connectivity index is 2.43. The van der Waals surface area contributed by atoms with Crippen LogP contribution in [0, 0.1) is 5.41 Å². The normalized spacial score (nSPS) is 28.4. The molecule has 0 aromatic heterocycles. The molecule has 0 aliphatic heterocycles. The number of fused-ring (bicyclic) bond motifs is 4. The summed E-state index contributed by atoms with van der Waals surface area (Å²) in [6.45, 7) is 3.93. The zero-order valence-electron chi connectivity index (χ0n) is 10.3. The van der Waals surface area contributed by atoms with Gasteiger partial charge in [-0.3, -0.25) is 4.79 Å². The molecule has 2 aliphatic carbocycles. The van der Waals surface area contributed by atoms with Gasteiger partial charge in [0.15, 0.2) is 5.78 Å². The van der Waals surface area contributed by atoms with E-state index in [1.54, 1.807) is 0 Å². The van der Waals surface area contributed by atoms with Crippen molar-refractivity contribution in [2.24, 2.45) is 5.41 Å². The third-order valence-electron chi connectivity index (χ3n) is 4.12. The Morgan fingerprint density at radius 1 is 1.11 bits per heavy atom. The first-order valence-electron chi connectivity index (χ1n) is 5.88. The summed E-state index contributed by atoms with van der Waals surface area (Å²) < 4.78 is 0. The monoisotopic (exact) mass is 334 g/mol. The third kappa shape index (κ3) is 1.65. The van der Waals surface area contributed by atoms with Crippen LogP contribution < -0.4 is 0 Å². The second-order valence-corrected chi connectivity index (χ2v) is 6.95. The molecule has 0 saturated heterocycles. The van der Waals surface area contributed by atoms with E-state index in [1.807, 2.05) is 19.9 Å². The fraction of sp³-hybridized carbons (Fsp3) is 0.357. The number of Topliss-reactive ketones (excluding diaryl/α,β-unsaturated/α-hetero) is 1. The average Bonchev–Trinajstić information content (AvgIpc) is 2.62. The smallest absolute Gasteiger partial charge is 0.174 e. The van der Waals surface area contributed by atoms with E-state index >= 15 is 0 Å². The van der Waals surface area contributed by atoms with Crippen molar-refractivity contribution in [3.63, 3.8) is 0 Å². The summed E-state index contributed by atoms with van der Waals surface area (Å²) in [6.07, 6.45) is 2.73. The van der Waals surface area contributed by atoms with Crippen LogP contribution in [-0.4, -0.2) is 5.78 Å². The Bertz CT molecular complexity index is 662. The van der Waals surface area contributed by atoms with E-state index in [0.717, 1.165) is 17.6 Å². The quantitative estimate of drug-likeness (QED) is 0.326. The van der Waals surface area contributed by atoms with E-state index in [4.69, 9.17) is 46.4 Å². The number of allylic oxidation sites excluding steroid dienone is 2. The maximum atomic E-state index is 12.7.